The van der Waals surface area contributed by atoms with Gasteiger partial charge in [-0.1, -0.05) is 72.9 Å². The molecule has 1 atom stereocenters. The summed E-state index contributed by atoms with van der Waals surface area (Å²) in [5.74, 6) is -0.658. The van der Waals surface area contributed by atoms with Crippen molar-refractivity contribution in [2.75, 3.05) is 24.5 Å². The van der Waals surface area contributed by atoms with Crippen LogP contribution in [0.3, 0.4) is 0 Å². The topological polar surface area (TPSA) is 96.0 Å². The number of nitrogens with one attached hydrogen (secondary N) is 1. The van der Waals surface area contributed by atoms with Crippen molar-refractivity contribution in [2.24, 2.45) is 0 Å². The highest BCUT2D eigenvalue weighted by Crippen LogP contribution is 2.33. The molecule has 0 fully saturated rings. The highest BCUT2D eigenvalue weighted by molar-refractivity contribution is 7.92. The number of rotatable bonds is 13. The molecule has 8 nitrogen and oxygen atoms in total. The summed E-state index contributed by atoms with van der Waals surface area (Å²) in [4.78, 5) is 28.6. The predicted octanol–water partition coefficient (Wildman–Crippen LogP) is 6.18. The van der Waals surface area contributed by atoms with Crippen LogP contribution in [-0.4, -0.2) is 51.4 Å². The van der Waals surface area contributed by atoms with E-state index in [2.05, 4.69) is 5.32 Å². The van der Waals surface area contributed by atoms with Gasteiger partial charge in [-0.15, -0.1) is 0 Å². The van der Waals surface area contributed by atoms with Gasteiger partial charge in [-0.25, -0.2) is 8.42 Å². The third-order valence-electron chi connectivity index (χ3n) is 6.36. The lowest BCUT2D eigenvalue weighted by molar-refractivity contribution is -0.140. The van der Waals surface area contributed by atoms with Gasteiger partial charge in [0, 0.05) is 28.7 Å². The van der Waals surface area contributed by atoms with Gasteiger partial charge in [-0.05, 0) is 55.3 Å². The number of ether oxygens (including phenoxy) is 1. The lowest BCUT2D eigenvalue weighted by Crippen LogP contribution is -2.52. The van der Waals surface area contributed by atoms with E-state index in [1.54, 1.807) is 43.3 Å². The number of carbonyl (C=O) groups is 2. The zero-order valence-corrected chi connectivity index (χ0v) is 26.0. The van der Waals surface area contributed by atoms with Gasteiger partial charge in [0.25, 0.3) is 10.0 Å². The van der Waals surface area contributed by atoms with Crippen molar-refractivity contribution < 1.29 is 22.7 Å². The molecule has 3 aromatic rings. The van der Waals surface area contributed by atoms with Crippen LogP contribution in [0.2, 0.25) is 15.1 Å². The standard InChI is InChI=1S/C29H32Cl3N3O5S/c1-4-16-33-29(37)26(5-2)34(18-22-23(30)12-9-13-24(22)31)28(36)19-35(20-14-15-27(40-3)25(32)17-20)41(38,39)21-10-7-6-8-11-21/h6-15,17,26H,4-5,16,18-19H2,1-3H3,(H,33,37)/t26-/m1/s1. The van der Waals surface area contributed by atoms with E-state index >= 15 is 0 Å². The SMILES string of the molecule is CCCNC(=O)[C@@H](CC)N(Cc1c(Cl)cccc1Cl)C(=O)CN(c1ccc(OC)c(Cl)c1)S(=O)(=O)c1ccccc1. The molecule has 0 heterocycles. The van der Waals surface area contributed by atoms with Crippen LogP contribution in [0, 0.1) is 0 Å². The zero-order valence-electron chi connectivity index (χ0n) is 22.9. The second-order valence-electron chi connectivity index (χ2n) is 9.08. The summed E-state index contributed by atoms with van der Waals surface area (Å²) in [6.45, 7) is 3.37. The van der Waals surface area contributed by atoms with Gasteiger partial charge >= 0.3 is 0 Å². The summed E-state index contributed by atoms with van der Waals surface area (Å²) in [5.41, 5.74) is 0.586. The lowest BCUT2D eigenvalue weighted by atomic mass is 10.1. The maximum Gasteiger partial charge on any atom is 0.264 e. The molecule has 0 saturated carbocycles. The average molecular weight is 641 g/mol. The van der Waals surface area contributed by atoms with E-state index in [9.17, 15) is 18.0 Å². The Morgan fingerprint density at radius 1 is 0.927 bits per heavy atom. The number of carbonyl (C=O) groups excluding carboxylic acids is 2. The van der Waals surface area contributed by atoms with E-state index in [1.165, 1.54) is 42.3 Å². The molecular weight excluding hydrogens is 609 g/mol. The van der Waals surface area contributed by atoms with Crippen LogP contribution in [0.25, 0.3) is 0 Å². The number of hydrogen-bond donors (Lipinski definition) is 1. The highest BCUT2D eigenvalue weighted by Gasteiger charge is 2.34. The van der Waals surface area contributed by atoms with Crippen molar-refractivity contribution in [1.82, 2.24) is 10.2 Å². The molecule has 0 aliphatic rings. The van der Waals surface area contributed by atoms with Gasteiger partial charge in [0.2, 0.25) is 11.8 Å². The number of methoxy groups -OCH3 is 1. The lowest BCUT2D eigenvalue weighted by Gasteiger charge is -2.33. The molecule has 0 bridgehead atoms. The van der Waals surface area contributed by atoms with Crippen molar-refractivity contribution >= 4 is 62.3 Å². The van der Waals surface area contributed by atoms with Crippen LogP contribution < -0.4 is 14.4 Å². The van der Waals surface area contributed by atoms with E-state index in [0.717, 1.165) is 4.31 Å². The summed E-state index contributed by atoms with van der Waals surface area (Å²) in [5, 5.41) is 3.63. The van der Waals surface area contributed by atoms with Crippen molar-refractivity contribution in [2.45, 2.75) is 44.2 Å². The van der Waals surface area contributed by atoms with Gasteiger partial charge in [0.15, 0.2) is 0 Å². The molecule has 0 saturated heterocycles. The van der Waals surface area contributed by atoms with Gasteiger partial charge in [-0.2, -0.15) is 0 Å². The third-order valence-corrected chi connectivity index (χ3v) is 9.15. The van der Waals surface area contributed by atoms with Crippen LogP contribution in [0.1, 0.15) is 32.3 Å². The van der Waals surface area contributed by atoms with Crippen molar-refractivity contribution in [3.05, 3.63) is 87.4 Å². The van der Waals surface area contributed by atoms with E-state index in [-0.39, 0.29) is 34.5 Å². The van der Waals surface area contributed by atoms with Crippen molar-refractivity contribution in [3.8, 4) is 5.75 Å². The molecule has 3 rings (SSSR count). The fourth-order valence-corrected chi connectivity index (χ4v) is 6.39. The number of halogens is 3. The van der Waals surface area contributed by atoms with Crippen LogP contribution in [-0.2, 0) is 26.2 Å². The van der Waals surface area contributed by atoms with E-state index in [1.807, 2.05) is 6.92 Å². The van der Waals surface area contributed by atoms with E-state index in [4.69, 9.17) is 39.5 Å². The van der Waals surface area contributed by atoms with Crippen LogP contribution in [0.4, 0.5) is 5.69 Å². The zero-order chi connectivity index (χ0) is 30.2. The molecule has 1 N–H and O–H groups in total. The minimum atomic E-state index is -4.24. The number of anilines is 1. The molecule has 0 spiro atoms. The van der Waals surface area contributed by atoms with Crippen molar-refractivity contribution in [3.63, 3.8) is 0 Å². The fraction of sp³-hybridized carbons (Fsp3) is 0.310. The summed E-state index contributed by atoms with van der Waals surface area (Å²) in [6, 6.07) is 16.2. The minimum absolute atomic E-state index is 0.0202. The van der Waals surface area contributed by atoms with Gasteiger partial charge in [-0.3, -0.25) is 13.9 Å². The molecule has 0 aliphatic heterocycles. The first-order chi connectivity index (χ1) is 19.5. The number of benzene rings is 3. The second-order valence-corrected chi connectivity index (χ2v) is 12.2. The summed E-state index contributed by atoms with van der Waals surface area (Å²) in [7, 11) is -2.80. The Bertz CT molecular complexity index is 1450. The normalized spacial score (nSPS) is 12.0. The van der Waals surface area contributed by atoms with E-state index < -0.39 is 28.5 Å². The first kappa shape index (κ1) is 32.5. The Labute approximate surface area is 256 Å². The molecule has 41 heavy (non-hydrogen) atoms. The smallest absolute Gasteiger partial charge is 0.264 e. The Morgan fingerprint density at radius 3 is 2.15 bits per heavy atom. The predicted molar refractivity (Wildman–Crippen MR) is 163 cm³/mol. The third kappa shape index (κ3) is 7.86. The molecule has 220 valence electrons. The maximum absolute atomic E-state index is 14.1. The molecule has 0 aliphatic carbocycles. The first-order valence-corrected chi connectivity index (χ1v) is 15.5. The van der Waals surface area contributed by atoms with Crippen molar-refractivity contribution in [1.29, 1.82) is 0 Å². The number of nitrogens with zero attached hydrogens (tertiary/aromatic N) is 2. The van der Waals surface area contributed by atoms with Crippen LogP contribution in [0.15, 0.2) is 71.6 Å². The molecule has 0 unspecified atom stereocenters. The summed E-state index contributed by atoms with van der Waals surface area (Å²) >= 11 is 19.2. The highest BCUT2D eigenvalue weighted by atomic mass is 35.5. The number of sulfonamides is 1. The fourth-order valence-electron chi connectivity index (χ4n) is 4.20. The van der Waals surface area contributed by atoms with Crippen LogP contribution in [0.5, 0.6) is 5.75 Å². The minimum Gasteiger partial charge on any atom is -0.495 e. The maximum atomic E-state index is 14.1. The number of amides is 2. The Hall–Kier alpha value is -2.98. The largest absolute Gasteiger partial charge is 0.495 e. The monoisotopic (exact) mass is 639 g/mol. The quantitative estimate of drug-likeness (QED) is 0.241. The Kier molecular flexibility index (Phi) is 11.7. The molecule has 0 aromatic heterocycles. The van der Waals surface area contributed by atoms with E-state index in [0.29, 0.717) is 34.3 Å². The first-order valence-electron chi connectivity index (χ1n) is 13.0. The van der Waals surface area contributed by atoms with Gasteiger partial charge in [0.1, 0.15) is 18.3 Å². The Morgan fingerprint density at radius 2 is 1.59 bits per heavy atom. The average Bonchev–Trinajstić information content (AvgIpc) is 2.96. The molecule has 12 heteroatoms. The molecule has 0 radical (unpaired) electrons. The molecular formula is C29H32Cl3N3O5S. The number of hydrogen-bond acceptors (Lipinski definition) is 5. The molecule has 2 amide bonds. The summed E-state index contributed by atoms with van der Waals surface area (Å²) < 4.78 is 34.0. The second kappa shape index (κ2) is 14.8. The van der Waals surface area contributed by atoms with Gasteiger partial charge in [0.05, 0.1) is 22.7 Å². The summed E-state index contributed by atoms with van der Waals surface area (Å²) in [6.07, 6.45) is 0.969. The Balaban J connectivity index is 2.11. The van der Waals surface area contributed by atoms with Gasteiger partial charge < -0.3 is 15.0 Å². The van der Waals surface area contributed by atoms with Crippen LogP contribution >= 0.6 is 34.8 Å². The molecule has 3 aromatic carbocycles.